The van der Waals surface area contributed by atoms with E-state index >= 15 is 0 Å². The number of hydrogen-bond acceptors (Lipinski definition) is 1. The van der Waals surface area contributed by atoms with E-state index < -0.39 is 0 Å². The molecule has 0 saturated carbocycles. The van der Waals surface area contributed by atoms with Crippen LogP contribution in [0.15, 0.2) is 42.5 Å². The minimum absolute atomic E-state index is 0.477. The highest BCUT2D eigenvalue weighted by Crippen LogP contribution is 2.28. The summed E-state index contributed by atoms with van der Waals surface area (Å²) < 4.78 is 5.52. The summed E-state index contributed by atoms with van der Waals surface area (Å²) in [6.45, 7) is 0. The predicted molar refractivity (Wildman–Crippen MR) is 61.8 cm³/mol. The van der Waals surface area contributed by atoms with Gasteiger partial charge in [0.15, 0.2) is 0 Å². The lowest BCUT2D eigenvalue weighted by atomic mass is 10.3. The number of hydrogen-bond donors (Lipinski definition) is 0. The molecule has 0 unspecified atom stereocenters. The Morgan fingerprint density at radius 2 is 1.87 bits per heavy atom. The molecule has 2 rings (SSSR count). The van der Waals surface area contributed by atoms with Crippen LogP contribution < -0.4 is 4.74 Å². The van der Waals surface area contributed by atoms with E-state index in [9.17, 15) is 0 Å². The van der Waals surface area contributed by atoms with Gasteiger partial charge < -0.3 is 4.74 Å². The van der Waals surface area contributed by atoms with Gasteiger partial charge in [0, 0.05) is 12.1 Å². The Bertz CT molecular complexity index is 454. The quantitative estimate of drug-likeness (QED) is 0.743. The van der Waals surface area contributed by atoms with Crippen LogP contribution in [0.5, 0.6) is 11.5 Å². The number of ether oxygens (including phenoxy) is 1. The summed E-state index contributed by atoms with van der Waals surface area (Å²) >= 11 is 11.6. The molecular formula is C12H7Cl2O. The normalized spacial score (nSPS) is 10.0. The van der Waals surface area contributed by atoms with Crippen molar-refractivity contribution in [1.82, 2.24) is 0 Å². The summed E-state index contributed by atoms with van der Waals surface area (Å²) in [6.07, 6.45) is 0. The number of para-hydroxylation sites is 1. The summed E-state index contributed by atoms with van der Waals surface area (Å²) in [6, 6.07) is 15.4. The van der Waals surface area contributed by atoms with Crippen molar-refractivity contribution in [2.75, 3.05) is 0 Å². The SMILES string of the molecule is Clc1ccc(Oc2[c]cccc2)cc1Cl. The van der Waals surface area contributed by atoms with Crippen molar-refractivity contribution in [2.24, 2.45) is 0 Å². The molecule has 1 radical (unpaired) electrons. The fraction of sp³-hybridized carbons (Fsp3) is 0. The third-order valence-electron chi connectivity index (χ3n) is 1.80. The zero-order valence-corrected chi connectivity index (χ0v) is 9.22. The molecule has 0 aromatic heterocycles. The number of benzene rings is 2. The molecule has 0 spiro atoms. The summed E-state index contributed by atoms with van der Waals surface area (Å²) in [4.78, 5) is 0. The van der Waals surface area contributed by atoms with E-state index in [0.29, 0.717) is 21.5 Å². The first kappa shape index (κ1) is 10.3. The Hall–Kier alpha value is -1.18. The van der Waals surface area contributed by atoms with Crippen molar-refractivity contribution in [3.63, 3.8) is 0 Å². The molecule has 0 N–H and O–H groups in total. The van der Waals surface area contributed by atoms with Crippen molar-refractivity contribution in [3.05, 3.63) is 58.6 Å². The molecule has 0 aliphatic heterocycles. The maximum absolute atomic E-state index is 5.86. The predicted octanol–water partition coefficient (Wildman–Crippen LogP) is 4.59. The molecule has 3 heteroatoms. The lowest BCUT2D eigenvalue weighted by Crippen LogP contribution is -1.83. The third kappa shape index (κ3) is 2.65. The number of halogens is 2. The van der Waals surface area contributed by atoms with Crippen molar-refractivity contribution < 1.29 is 4.74 Å². The van der Waals surface area contributed by atoms with Gasteiger partial charge in [-0.25, -0.2) is 0 Å². The minimum atomic E-state index is 0.477. The van der Waals surface area contributed by atoms with E-state index in [-0.39, 0.29) is 0 Å². The fourth-order valence-electron chi connectivity index (χ4n) is 1.11. The van der Waals surface area contributed by atoms with Crippen LogP contribution in [0, 0.1) is 6.07 Å². The molecule has 2 aromatic carbocycles. The molecule has 1 nitrogen and oxygen atoms in total. The highest BCUT2D eigenvalue weighted by molar-refractivity contribution is 6.42. The Balaban J connectivity index is 2.22. The molecule has 0 fully saturated rings. The van der Waals surface area contributed by atoms with Crippen LogP contribution in [0.25, 0.3) is 0 Å². The van der Waals surface area contributed by atoms with Crippen molar-refractivity contribution in [1.29, 1.82) is 0 Å². The lowest BCUT2D eigenvalue weighted by molar-refractivity contribution is 0.481. The van der Waals surface area contributed by atoms with Gasteiger partial charge in [0.2, 0.25) is 0 Å². The molecule has 75 valence electrons. The molecule has 0 heterocycles. The Morgan fingerprint density at radius 3 is 2.53 bits per heavy atom. The van der Waals surface area contributed by atoms with Gasteiger partial charge in [-0.1, -0.05) is 41.4 Å². The minimum Gasteiger partial charge on any atom is -0.457 e. The Kier molecular flexibility index (Phi) is 3.14. The van der Waals surface area contributed by atoms with Gasteiger partial charge in [0.05, 0.1) is 10.0 Å². The van der Waals surface area contributed by atoms with Gasteiger partial charge in [0.25, 0.3) is 0 Å². The van der Waals surface area contributed by atoms with Gasteiger partial charge >= 0.3 is 0 Å². The van der Waals surface area contributed by atoms with Crippen LogP contribution >= 0.6 is 23.2 Å². The maximum Gasteiger partial charge on any atom is 0.135 e. The highest BCUT2D eigenvalue weighted by Gasteiger charge is 2.01. The van der Waals surface area contributed by atoms with E-state index in [0.717, 1.165) is 0 Å². The van der Waals surface area contributed by atoms with Crippen LogP contribution in [-0.2, 0) is 0 Å². The topological polar surface area (TPSA) is 9.23 Å². The monoisotopic (exact) mass is 237 g/mol. The summed E-state index contributed by atoms with van der Waals surface area (Å²) in [5.41, 5.74) is 0. The molecule has 0 saturated heterocycles. The summed E-state index contributed by atoms with van der Waals surface area (Å²) in [5.74, 6) is 1.29. The summed E-state index contributed by atoms with van der Waals surface area (Å²) in [7, 11) is 0. The van der Waals surface area contributed by atoms with E-state index in [1.165, 1.54) is 0 Å². The molecule has 0 amide bonds. The average molecular weight is 238 g/mol. The second kappa shape index (κ2) is 4.56. The molecular weight excluding hydrogens is 231 g/mol. The van der Waals surface area contributed by atoms with Gasteiger partial charge in [0.1, 0.15) is 11.5 Å². The first-order valence-corrected chi connectivity index (χ1v) is 5.11. The van der Waals surface area contributed by atoms with Crippen LogP contribution in [0.1, 0.15) is 0 Å². The average Bonchev–Trinajstić information content (AvgIpc) is 2.25. The van der Waals surface area contributed by atoms with Crippen LogP contribution in [0.4, 0.5) is 0 Å². The molecule has 2 aromatic rings. The largest absolute Gasteiger partial charge is 0.457 e. The van der Waals surface area contributed by atoms with E-state index in [1.54, 1.807) is 24.3 Å². The van der Waals surface area contributed by atoms with Gasteiger partial charge in [-0.2, -0.15) is 0 Å². The molecule has 0 aliphatic rings. The zero-order valence-electron chi connectivity index (χ0n) is 7.71. The molecule has 0 aliphatic carbocycles. The van der Waals surface area contributed by atoms with Crippen LogP contribution in [0.2, 0.25) is 10.0 Å². The lowest BCUT2D eigenvalue weighted by Gasteiger charge is -2.05. The smallest absolute Gasteiger partial charge is 0.135 e. The molecule has 0 atom stereocenters. The van der Waals surface area contributed by atoms with Crippen molar-refractivity contribution in [3.8, 4) is 11.5 Å². The first-order chi connectivity index (χ1) is 7.25. The van der Waals surface area contributed by atoms with E-state index in [2.05, 4.69) is 6.07 Å². The van der Waals surface area contributed by atoms with Crippen LogP contribution in [0.3, 0.4) is 0 Å². The van der Waals surface area contributed by atoms with Gasteiger partial charge in [-0.3, -0.25) is 0 Å². The van der Waals surface area contributed by atoms with E-state index in [1.807, 2.05) is 18.2 Å². The standard InChI is InChI=1S/C12H7Cl2O/c13-11-7-6-10(8-12(11)14)15-9-4-2-1-3-5-9/h1-4,6-8H. The second-order valence-electron chi connectivity index (χ2n) is 2.90. The van der Waals surface area contributed by atoms with Gasteiger partial charge in [-0.05, 0) is 18.2 Å². The van der Waals surface area contributed by atoms with Gasteiger partial charge in [-0.15, -0.1) is 0 Å². The maximum atomic E-state index is 5.86. The van der Waals surface area contributed by atoms with Crippen LogP contribution in [-0.4, -0.2) is 0 Å². The fourth-order valence-corrected chi connectivity index (χ4v) is 1.40. The molecule has 0 bridgehead atoms. The van der Waals surface area contributed by atoms with E-state index in [4.69, 9.17) is 27.9 Å². The summed E-state index contributed by atoms with van der Waals surface area (Å²) in [5, 5.41) is 0.992. The Morgan fingerprint density at radius 1 is 1.00 bits per heavy atom. The highest BCUT2D eigenvalue weighted by atomic mass is 35.5. The Labute approximate surface area is 98.2 Å². The third-order valence-corrected chi connectivity index (χ3v) is 2.54. The van der Waals surface area contributed by atoms with Crippen molar-refractivity contribution in [2.45, 2.75) is 0 Å². The second-order valence-corrected chi connectivity index (χ2v) is 3.72. The first-order valence-electron chi connectivity index (χ1n) is 4.35. The molecule has 15 heavy (non-hydrogen) atoms. The number of rotatable bonds is 2. The zero-order chi connectivity index (χ0) is 10.7. The van der Waals surface area contributed by atoms with Crippen molar-refractivity contribution >= 4 is 23.2 Å².